The van der Waals surface area contributed by atoms with Crippen molar-refractivity contribution >= 4 is 5.91 Å². The number of nitrogens with one attached hydrogen (secondary N) is 2. The van der Waals surface area contributed by atoms with E-state index in [1.165, 1.54) is 0 Å². The Morgan fingerprint density at radius 3 is 2.65 bits per heavy atom. The first kappa shape index (κ1) is 16.5. The van der Waals surface area contributed by atoms with Crippen molar-refractivity contribution in [3.8, 4) is 0 Å². The third-order valence-electron chi connectivity index (χ3n) is 7.08. The van der Waals surface area contributed by atoms with Crippen LogP contribution in [0, 0.1) is 17.8 Å². The lowest BCUT2D eigenvalue weighted by Crippen LogP contribution is -2.46. The van der Waals surface area contributed by atoms with E-state index in [9.17, 15) is 14.7 Å². The highest BCUT2D eigenvalue weighted by atomic mass is 16.3. The molecule has 3 heterocycles. The van der Waals surface area contributed by atoms with Gasteiger partial charge in [-0.1, -0.05) is 0 Å². The first-order chi connectivity index (χ1) is 12.6. The Morgan fingerprint density at radius 2 is 1.88 bits per heavy atom. The zero-order valence-electron chi connectivity index (χ0n) is 15.0. The van der Waals surface area contributed by atoms with Crippen molar-refractivity contribution in [2.24, 2.45) is 17.8 Å². The van der Waals surface area contributed by atoms with Crippen LogP contribution in [0.3, 0.4) is 0 Å². The molecule has 2 unspecified atom stereocenters. The summed E-state index contributed by atoms with van der Waals surface area (Å²) in [6, 6.07) is 3.83. The summed E-state index contributed by atoms with van der Waals surface area (Å²) in [5.41, 5.74) is 1.21. The van der Waals surface area contributed by atoms with Crippen LogP contribution in [0.25, 0.3) is 0 Å². The summed E-state index contributed by atoms with van der Waals surface area (Å²) < 4.78 is 1.84. The van der Waals surface area contributed by atoms with Crippen molar-refractivity contribution in [1.29, 1.82) is 0 Å². The third-order valence-corrected chi connectivity index (χ3v) is 7.08. The van der Waals surface area contributed by atoms with Crippen LogP contribution in [0.5, 0.6) is 0 Å². The molecule has 0 radical (unpaired) electrons. The molecular formula is C20H27N3O3. The highest BCUT2D eigenvalue weighted by molar-refractivity contribution is 5.94. The Labute approximate surface area is 153 Å². The predicted molar refractivity (Wildman–Crippen MR) is 97.1 cm³/mol. The summed E-state index contributed by atoms with van der Waals surface area (Å²) >= 11 is 0. The van der Waals surface area contributed by atoms with Crippen LogP contribution in [-0.2, 0) is 6.54 Å². The molecule has 1 aromatic heterocycles. The standard InChI is InChI=1S/C20H27N3O3/c24-16-6-12-4-15(5-13(12)7-16)22-19(25)17-1-2-18-14-3-11(8-21-9-14)10-23(18)20(17)26/h1-2,11-16,21,24H,3-10H2,(H,22,25)/t11-,12-,13+,14+,15?,16?/m0/s1. The van der Waals surface area contributed by atoms with Crippen molar-refractivity contribution < 1.29 is 9.90 Å². The average molecular weight is 357 g/mol. The minimum atomic E-state index is -0.232. The predicted octanol–water partition coefficient (Wildman–Crippen LogP) is 0.834. The van der Waals surface area contributed by atoms with Gasteiger partial charge >= 0.3 is 0 Å². The summed E-state index contributed by atoms with van der Waals surface area (Å²) in [7, 11) is 0. The lowest BCUT2D eigenvalue weighted by atomic mass is 9.84. The number of fused-ring (bicyclic) bond motifs is 5. The van der Waals surface area contributed by atoms with Crippen LogP contribution in [-0.4, -0.2) is 40.8 Å². The molecule has 1 saturated heterocycles. The fourth-order valence-electron chi connectivity index (χ4n) is 5.93. The number of hydrogen-bond donors (Lipinski definition) is 3. The van der Waals surface area contributed by atoms with Gasteiger partial charge in [0.05, 0.1) is 6.10 Å². The van der Waals surface area contributed by atoms with Gasteiger partial charge in [0, 0.05) is 30.7 Å². The number of piperidine rings is 1. The number of rotatable bonds is 2. The number of carbonyl (C=O) groups is 1. The summed E-state index contributed by atoms with van der Waals surface area (Å²) in [5, 5.41) is 16.3. The molecule has 6 heteroatoms. The summed E-state index contributed by atoms with van der Waals surface area (Å²) in [5.74, 6) is 1.68. The largest absolute Gasteiger partial charge is 0.393 e. The van der Waals surface area contributed by atoms with Crippen LogP contribution in [0.15, 0.2) is 16.9 Å². The Morgan fingerprint density at radius 1 is 1.12 bits per heavy atom. The van der Waals surface area contributed by atoms with E-state index in [1.54, 1.807) is 6.07 Å². The molecule has 4 aliphatic rings. The van der Waals surface area contributed by atoms with E-state index in [4.69, 9.17) is 0 Å². The molecule has 5 rings (SSSR count). The van der Waals surface area contributed by atoms with Crippen LogP contribution in [0.1, 0.15) is 54.1 Å². The smallest absolute Gasteiger partial charge is 0.263 e. The summed E-state index contributed by atoms with van der Waals surface area (Å²) in [6.45, 7) is 2.58. The molecule has 2 aliphatic heterocycles. The third kappa shape index (κ3) is 2.70. The maximum atomic E-state index is 12.9. The number of hydrogen-bond acceptors (Lipinski definition) is 4. The van der Waals surface area contributed by atoms with Gasteiger partial charge in [-0.15, -0.1) is 0 Å². The van der Waals surface area contributed by atoms with E-state index < -0.39 is 0 Å². The van der Waals surface area contributed by atoms with E-state index in [2.05, 4.69) is 10.6 Å². The zero-order chi connectivity index (χ0) is 17.8. The maximum absolute atomic E-state index is 12.9. The highest BCUT2D eigenvalue weighted by Gasteiger charge is 2.41. The van der Waals surface area contributed by atoms with Crippen LogP contribution in [0.2, 0.25) is 0 Å². The second kappa shape index (κ2) is 6.20. The van der Waals surface area contributed by atoms with E-state index in [0.717, 1.165) is 50.9 Å². The van der Waals surface area contributed by atoms with Gasteiger partial charge in [0.1, 0.15) is 5.56 Å². The number of aromatic nitrogens is 1. The number of nitrogens with zero attached hydrogens (tertiary/aromatic N) is 1. The lowest BCUT2D eigenvalue weighted by Gasteiger charge is -2.37. The van der Waals surface area contributed by atoms with Gasteiger partial charge in [0.25, 0.3) is 11.5 Å². The quantitative estimate of drug-likeness (QED) is 0.732. The second-order valence-corrected chi connectivity index (χ2v) is 8.83. The first-order valence-electron chi connectivity index (χ1n) is 10.0. The molecule has 1 aromatic rings. The Bertz CT molecular complexity index is 775. The molecule has 3 fully saturated rings. The summed E-state index contributed by atoms with van der Waals surface area (Å²) in [4.78, 5) is 25.7. The Hall–Kier alpha value is -1.66. The van der Waals surface area contributed by atoms with Crippen LogP contribution < -0.4 is 16.2 Å². The maximum Gasteiger partial charge on any atom is 0.263 e. The molecule has 140 valence electrons. The topological polar surface area (TPSA) is 83.4 Å². The van der Waals surface area contributed by atoms with Gasteiger partial charge < -0.3 is 20.3 Å². The van der Waals surface area contributed by atoms with E-state index in [-0.39, 0.29) is 29.2 Å². The van der Waals surface area contributed by atoms with Crippen molar-refractivity contribution in [2.75, 3.05) is 13.1 Å². The molecule has 3 N–H and O–H groups in total. The van der Waals surface area contributed by atoms with Crippen molar-refractivity contribution in [1.82, 2.24) is 15.2 Å². The molecule has 2 aliphatic carbocycles. The minimum Gasteiger partial charge on any atom is -0.393 e. The van der Waals surface area contributed by atoms with E-state index in [1.807, 2.05) is 10.6 Å². The molecule has 1 amide bonds. The fourth-order valence-corrected chi connectivity index (χ4v) is 5.93. The van der Waals surface area contributed by atoms with Gasteiger partial charge in [0.15, 0.2) is 0 Å². The molecule has 26 heavy (non-hydrogen) atoms. The van der Waals surface area contributed by atoms with Gasteiger partial charge in [-0.3, -0.25) is 9.59 Å². The highest BCUT2D eigenvalue weighted by Crippen LogP contribution is 2.44. The molecule has 0 spiro atoms. The van der Waals surface area contributed by atoms with E-state index >= 15 is 0 Å². The summed E-state index contributed by atoms with van der Waals surface area (Å²) in [6.07, 6.45) is 4.53. The average Bonchev–Trinajstić information content (AvgIpc) is 3.12. The molecule has 0 aromatic carbocycles. The van der Waals surface area contributed by atoms with Crippen LogP contribution >= 0.6 is 0 Å². The number of aliphatic hydroxyl groups excluding tert-OH is 1. The Kier molecular flexibility index (Phi) is 3.94. The lowest BCUT2D eigenvalue weighted by molar-refractivity contribution is 0.0931. The second-order valence-electron chi connectivity index (χ2n) is 8.83. The van der Waals surface area contributed by atoms with Gasteiger partial charge in [0.2, 0.25) is 0 Å². The van der Waals surface area contributed by atoms with E-state index in [0.29, 0.717) is 30.2 Å². The van der Waals surface area contributed by atoms with Crippen molar-refractivity contribution in [3.05, 3.63) is 33.7 Å². The van der Waals surface area contributed by atoms with Gasteiger partial charge in [-0.25, -0.2) is 0 Å². The monoisotopic (exact) mass is 357 g/mol. The molecule has 6 nitrogen and oxygen atoms in total. The molecule has 2 bridgehead atoms. The SMILES string of the molecule is O=C(NC1C[C@H]2CC(O)C[C@H]2C1)c1ccc2n(c1=O)C[C@@H]1CNC[C@H]2C1. The van der Waals surface area contributed by atoms with Crippen molar-refractivity contribution in [3.63, 3.8) is 0 Å². The van der Waals surface area contributed by atoms with Crippen molar-refractivity contribution in [2.45, 2.75) is 56.7 Å². The molecule has 6 atom stereocenters. The van der Waals surface area contributed by atoms with Crippen LogP contribution in [0.4, 0.5) is 0 Å². The minimum absolute atomic E-state index is 0.133. The number of carbonyl (C=O) groups excluding carboxylic acids is 1. The zero-order valence-corrected chi connectivity index (χ0v) is 15.0. The number of amides is 1. The fraction of sp³-hybridized carbons (Fsp3) is 0.700. The normalized spacial score (nSPS) is 37.9. The molecular weight excluding hydrogens is 330 g/mol. The Balaban J connectivity index is 1.34. The molecule has 2 saturated carbocycles. The van der Waals surface area contributed by atoms with Gasteiger partial charge in [-0.05, 0) is 68.5 Å². The number of aliphatic hydroxyl groups is 1. The van der Waals surface area contributed by atoms with Gasteiger partial charge in [-0.2, -0.15) is 0 Å². The number of pyridine rings is 1. The first-order valence-corrected chi connectivity index (χ1v) is 10.0.